The summed E-state index contributed by atoms with van der Waals surface area (Å²) in [5.41, 5.74) is -0.0721. The van der Waals surface area contributed by atoms with Crippen LogP contribution in [-0.4, -0.2) is 35.5 Å². The van der Waals surface area contributed by atoms with E-state index >= 15 is 0 Å². The standard InChI is InChI=1S/C11H12N2O5/c14-9-2-1-7(4-12-9)13-10(15)8-3-6(5-18-8)11(16)17/h3,5,7H,1-2,4H2,(H,12,14)(H,13,15)(H,16,17). The van der Waals surface area contributed by atoms with Gasteiger partial charge < -0.3 is 20.2 Å². The van der Waals surface area contributed by atoms with Crippen LogP contribution in [-0.2, 0) is 4.79 Å². The van der Waals surface area contributed by atoms with Gasteiger partial charge in [0.25, 0.3) is 5.91 Å². The number of carboxylic acids is 1. The molecule has 18 heavy (non-hydrogen) atoms. The summed E-state index contributed by atoms with van der Waals surface area (Å²) in [6.07, 6.45) is 1.94. The van der Waals surface area contributed by atoms with E-state index in [1.165, 1.54) is 6.07 Å². The minimum Gasteiger partial charge on any atom is -0.478 e. The average molecular weight is 252 g/mol. The van der Waals surface area contributed by atoms with Crippen LogP contribution < -0.4 is 10.6 Å². The fourth-order valence-electron chi connectivity index (χ4n) is 1.68. The lowest BCUT2D eigenvalue weighted by atomic mass is 10.1. The first kappa shape index (κ1) is 12.2. The van der Waals surface area contributed by atoms with Crippen molar-refractivity contribution in [2.75, 3.05) is 6.54 Å². The van der Waals surface area contributed by atoms with Gasteiger partial charge in [0, 0.05) is 25.1 Å². The maximum atomic E-state index is 11.7. The van der Waals surface area contributed by atoms with Crippen molar-refractivity contribution in [3.05, 3.63) is 23.7 Å². The second-order valence-electron chi connectivity index (χ2n) is 4.02. The lowest BCUT2D eigenvalue weighted by molar-refractivity contribution is -0.122. The van der Waals surface area contributed by atoms with Crippen LogP contribution in [0.2, 0.25) is 0 Å². The van der Waals surface area contributed by atoms with Gasteiger partial charge in [-0.15, -0.1) is 0 Å². The molecule has 7 heteroatoms. The van der Waals surface area contributed by atoms with Crippen molar-refractivity contribution < 1.29 is 23.9 Å². The largest absolute Gasteiger partial charge is 0.478 e. The van der Waals surface area contributed by atoms with E-state index in [1.807, 2.05) is 0 Å². The molecule has 1 aromatic rings. The fourth-order valence-corrected chi connectivity index (χ4v) is 1.68. The number of aromatic carboxylic acids is 1. The van der Waals surface area contributed by atoms with Gasteiger partial charge in [0.1, 0.15) is 6.26 Å². The van der Waals surface area contributed by atoms with Crippen LogP contribution >= 0.6 is 0 Å². The van der Waals surface area contributed by atoms with Gasteiger partial charge in [-0.2, -0.15) is 0 Å². The van der Waals surface area contributed by atoms with Crippen molar-refractivity contribution >= 4 is 17.8 Å². The quantitative estimate of drug-likeness (QED) is 0.700. The van der Waals surface area contributed by atoms with E-state index in [0.29, 0.717) is 19.4 Å². The first-order valence-electron chi connectivity index (χ1n) is 5.45. The summed E-state index contributed by atoms with van der Waals surface area (Å²) in [5, 5.41) is 14.0. The normalized spacial score (nSPS) is 19.1. The molecule has 7 nitrogen and oxygen atoms in total. The molecule has 2 rings (SSSR count). The van der Waals surface area contributed by atoms with Crippen molar-refractivity contribution in [2.45, 2.75) is 18.9 Å². The van der Waals surface area contributed by atoms with Crippen molar-refractivity contribution in [3.63, 3.8) is 0 Å². The third-order valence-electron chi connectivity index (χ3n) is 2.67. The third-order valence-corrected chi connectivity index (χ3v) is 2.67. The van der Waals surface area contributed by atoms with Crippen LogP contribution in [0.3, 0.4) is 0 Å². The molecule has 0 bridgehead atoms. The molecule has 0 saturated carbocycles. The predicted octanol–water partition coefficient (Wildman–Crippen LogP) is -0.0138. The molecule has 0 aliphatic carbocycles. The highest BCUT2D eigenvalue weighted by Gasteiger charge is 2.22. The summed E-state index contributed by atoms with van der Waals surface area (Å²) in [6, 6.07) is 1.01. The molecule has 3 N–H and O–H groups in total. The first-order chi connectivity index (χ1) is 8.56. The summed E-state index contributed by atoms with van der Waals surface area (Å²) < 4.78 is 4.87. The molecule has 1 unspecified atom stereocenters. The lowest BCUT2D eigenvalue weighted by Crippen LogP contribution is -2.47. The smallest absolute Gasteiger partial charge is 0.338 e. The first-order valence-corrected chi connectivity index (χ1v) is 5.45. The van der Waals surface area contributed by atoms with E-state index in [9.17, 15) is 14.4 Å². The van der Waals surface area contributed by atoms with E-state index in [-0.39, 0.29) is 23.3 Å². The Balaban J connectivity index is 1.94. The summed E-state index contributed by atoms with van der Waals surface area (Å²) in [4.78, 5) is 33.3. The molecule has 1 atom stereocenters. The van der Waals surface area contributed by atoms with Crippen molar-refractivity contribution in [3.8, 4) is 0 Å². The van der Waals surface area contributed by atoms with Crippen LogP contribution in [0.4, 0.5) is 0 Å². The molecule has 1 saturated heterocycles. The minimum absolute atomic E-state index is 0.0355. The number of rotatable bonds is 3. The highest BCUT2D eigenvalue weighted by molar-refractivity contribution is 5.95. The molecule has 0 spiro atoms. The Morgan fingerprint density at radius 3 is 2.83 bits per heavy atom. The Hall–Kier alpha value is -2.31. The molecule has 0 radical (unpaired) electrons. The number of amides is 2. The fraction of sp³-hybridized carbons (Fsp3) is 0.364. The van der Waals surface area contributed by atoms with Gasteiger partial charge in [-0.25, -0.2) is 4.79 Å². The SMILES string of the molecule is O=C1CCC(NC(=O)c2cc(C(=O)O)co2)CN1. The molecule has 1 fully saturated rings. The van der Waals surface area contributed by atoms with Crippen LogP contribution in [0.1, 0.15) is 33.8 Å². The number of carbonyl (C=O) groups is 3. The molecule has 1 aliphatic heterocycles. The second kappa shape index (κ2) is 4.91. The Morgan fingerprint density at radius 1 is 1.50 bits per heavy atom. The number of hydrogen-bond donors (Lipinski definition) is 3. The van der Waals surface area contributed by atoms with Crippen molar-refractivity contribution in [2.24, 2.45) is 0 Å². The highest BCUT2D eigenvalue weighted by Crippen LogP contribution is 2.09. The Morgan fingerprint density at radius 2 is 2.28 bits per heavy atom. The van der Waals surface area contributed by atoms with Crippen LogP contribution in [0.5, 0.6) is 0 Å². The van der Waals surface area contributed by atoms with E-state index < -0.39 is 11.9 Å². The zero-order chi connectivity index (χ0) is 13.1. The van der Waals surface area contributed by atoms with Gasteiger partial charge in [-0.3, -0.25) is 9.59 Å². The number of nitrogens with one attached hydrogen (secondary N) is 2. The number of furan rings is 1. The van der Waals surface area contributed by atoms with E-state index in [4.69, 9.17) is 9.52 Å². The van der Waals surface area contributed by atoms with Crippen LogP contribution in [0.25, 0.3) is 0 Å². The summed E-state index contributed by atoms with van der Waals surface area (Å²) in [7, 11) is 0. The van der Waals surface area contributed by atoms with Gasteiger partial charge in [0.2, 0.25) is 5.91 Å². The second-order valence-corrected chi connectivity index (χ2v) is 4.02. The lowest BCUT2D eigenvalue weighted by Gasteiger charge is -2.22. The molecule has 1 aliphatic rings. The Bertz CT molecular complexity index is 483. The Labute approximate surface area is 102 Å². The van der Waals surface area contributed by atoms with Crippen LogP contribution in [0.15, 0.2) is 16.7 Å². The van der Waals surface area contributed by atoms with Crippen LogP contribution in [0, 0.1) is 0 Å². The maximum Gasteiger partial charge on any atom is 0.338 e. The molecule has 1 aromatic heterocycles. The summed E-state index contributed by atoms with van der Waals surface area (Å²) in [6.45, 7) is 0.372. The Kier molecular flexibility index (Phi) is 3.31. The van der Waals surface area contributed by atoms with E-state index in [0.717, 1.165) is 6.26 Å². The van der Waals surface area contributed by atoms with Crippen molar-refractivity contribution in [1.82, 2.24) is 10.6 Å². The van der Waals surface area contributed by atoms with Gasteiger partial charge in [0.05, 0.1) is 5.56 Å². The molecule has 2 heterocycles. The van der Waals surface area contributed by atoms with Gasteiger partial charge >= 0.3 is 5.97 Å². The number of hydrogen-bond acceptors (Lipinski definition) is 4. The summed E-state index contributed by atoms with van der Waals surface area (Å²) in [5.74, 6) is -1.72. The number of carbonyl (C=O) groups excluding carboxylic acids is 2. The van der Waals surface area contributed by atoms with Gasteiger partial charge in [0.15, 0.2) is 5.76 Å². The average Bonchev–Trinajstić information content (AvgIpc) is 2.81. The highest BCUT2D eigenvalue weighted by atomic mass is 16.4. The molecule has 2 amide bonds. The van der Waals surface area contributed by atoms with Crippen molar-refractivity contribution in [1.29, 1.82) is 0 Å². The summed E-state index contributed by atoms with van der Waals surface area (Å²) >= 11 is 0. The van der Waals surface area contributed by atoms with Gasteiger partial charge in [-0.1, -0.05) is 0 Å². The monoisotopic (exact) mass is 252 g/mol. The molecular formula is C11H12N2O5. The predicted molar refractivity (Wildman–Crippen MR) is 59.2 cm³/mol. The molecule has 96 valence electrons. The third kappa shape index (κ3) is 2.68. The van der Waals surface area contributed by atoms with Gasteiger partial charge in [-0.05, 0) is 6.42 Å². The maximum absolute atomic E-state index is 11.7. The zero-order valence-corrected chi connectivity index (χ0v) is 9.43. The molecule has 0 aromatic carbocycles. The van der Waals surface area contributed by atoms with E-state index in [2.05, 4.69) is 10.6 Å². The minimum atomic E-state index is -1.15. The topological polar surface area (TPSA) is 109 Å². The number of carboxylic acid groups (broad SMARTS) is 1. The molecular weight excluding hydrogens is 240 g/mol. The zero-order valence-electron chi connectivity index (χ0n) is 9.43. The number of piperidine rings is 1. The van der Waals surface area contributed by atoms with E-state index in [1.54, 1.807) is 0 Å².